The molecule has 3 rings (SSSR count). The Labute approximate surface area is 202 Å². The molecule has 0 radical (unpaired) electrons. The number of carbonyl (C=O) groups excluding carboxylic acids is 2. The fraction of sp³-hybridized carbons (Fsp3) is 0.333. The van der Waals surface area contributed by atoms with E-state index in [1.165, 1.54) is 35.2 Å². The zero-order valence-electron chi connectivity index (χ0n) is 19.2. The van der Waals surface area contributed by atoms with Crippen molar-refractivity contribution in [2.24, 2.45) is 0 Å². The van der Waals surface area contributed by atoms with Crippen LogP contribution in [0, 0.1) is 10.1 Å². The molecule has 0 aromatic heterocycles. The van der Waals surface area contributed by atoms with E-state index in [1.807, 2.05) is 19.0 Å². The molecule has 1 unspecified atom stereocenters. The first-order valence-electron chi connectivity index (χ1n) is 10.8. The Morgan fingerprint density at radius 2 is 1.97 bits per heavy atom. The number of likely N-dealkylation sites (tertiary alicyclic amines) is 1. The highest BCUT2D eigenvalue weighted by molar-refractivity contribution is 6.46. The summed E-state index contributed by atoms with van der Waals surface area (Å²) in [5.74, 6) is -1.62. The molecule has 1 aliphatic rings. The van der Waals surface area contributed by atoms with Crippen LogP contribution in [0.15, 0.2) is 48.0 Å². The fourth-order valence-electron chi connectivity index (χ4n) is 3.90. The van der Waals surface area contributed by atoms with Gasteiger partial charge in [-0.2, -0.15) is 0 Å². The lowest BCUT2D eigenvalue weighted by Gasteiger charge is -2.25. The Morgan fingerprint density at radius 1 is 1.24 bits per heavy atom. The third-order valence-corrected chi connectivity index (χ3v) is 5.74. The molecule has 1 fully saturated rings. The summed E-state index contributed by atoms with van der Waals surface area (Å²) in [6, 6.07) is 9.30. The van der Waals surface area contributed by atoms with Crippen molar-refractivity contribution in [2.75, 3.05) is 33.8 Å². The van der Waals surface area contributed by atoms with Gasteiger partial charge in [-0.3, -0.25) is 19.7 Å². The molecular formula is C24H26ClN3O6. The number of amides is 1. The van der Waals surface area contributed by atoms with E-state index in [1.54, 1.807) is 19.1 Å². The summed E-state index contributed by atoms with van der Waals surface area (Å²) in [5.41, 5.74) is 0.267. The summed E-state index contributed by atoms with van der Waals surface area (Å²) >= 11 is 6.26. The van der Waals surface area contributed by atoms with Crippen LogP contribution in [0.5, 0.6) is 5.75 Å². The number of ketones is 1. The number of hydrogen-bond donors (Lipinski definition) is 1. The summed E-state index contributed by atoms with van der Waals surface area (Å²) in [5, 5.41) is 22.7. The number of hydrogen-bond acceptors (Lipinski definition) is 7. The molecule has 0 bridgehead atoms. The zero-order valence-corrected chi connectivity index (χ0v) is 19.9. The Balaban J connectivity index is 2.13. The van der Waals surface area contributed by atoms with Gasteiger partial charge >= 0.3 is 0 Å². The van der Waals surface area contributed by atoms with E-state index in [9.17, 15) is 24.8 Å². The lowest BCUT2D eigenvalue weighted by Crippen LogP contribution is -2.32. The molecule has 180 valence electrons. The second kappa shape index (κ2) is 10.7. The standard InChI is InChI=1S/C24H26ClN3O6/c1-4-34-19-10-9-16(14-18(19)25)22(29)20-21(15-7-5-8-17(13-15)28(32)33)27(24(31)23(20)30)12-6-11-26(2)3/h5,7-10,13-14,21,29H,4,6,11-12H2,1-3H3/b22-20+. The average molecular weight is 488 g/mol. The van der Waals surface area contributed by atoms with Crippen LogP contribution in [-0.2, 0) is 9.59 Å². The Kier molecular flexibility index (Phi) is 7.90. The van der Waals surface area contributed by atoms with Gasteiger partial charge < -0.3 is 19.6 Å². The minimum atomic E-state index is -0.979. The number of aliphatic hydroxyl groups excluding tert-OH is 1. The number of nitrogens with zero attached hydrogens (tertiary/aromatic N) is 3. The van der Waals surface area contributed by atoms with Crippen molar-refractivity contribution in [3.05, 3.63) is 74.3 Å². The third kappa shape index (κ3) is 5.21. The van der Waals surface area contributed by atoms with Crippen LogP contribution < -0.4 is 4.74 Å². The predicted octanol–water partition coefficient (Wildman–Crippen LogP) is 4.02. The van der Waals surface area contributed by atoms with Crippen molar-refractivity contribution in [3.63, 3.8) is 0 Å². The molecular weight excluding hydrogens is 462 g/mol. The first-order chi connectivity index (χ1) is 16.1. The topological polar surface area (TPSA) is 113 Å². The largest absolute Gasteiger partial charge is 0.507 e. The van der Waals surface area contributed by atoms with E-state index < -0.39 is 28.4 Å². The van der Waals surface area contributed by atoms with Gasteiger partial charge in [0.25, 0.3) is 17.4 Å². The van der Waals surface area contributed by atoms with Gasteiger partial charge in [0.2, 0.25) is 0 Å². The summed E-state index contributed by atoms with van der Waals surface area (Å²) < 4.78 is 5.41. The second-order valence-corrected chi connectivity index (χ2v) is 8.49. The first kappa shape index (κ1) is 25.2. The van der Waals surface area contributed by atoms with Crippen LogP contribution in [0.1, 0.15) is 30.5 Å². The number of aliphatic hydroxyl groups is 1. The molecule has 10 heteroatoms. The van der Waals surface area contributed by atoms with Crippen molar-refractivity contribution >= 4 is 34.7 Å². The Morgan fingerprint density at radius 3 is 2.59 bits per heavy atom. The third-order valence-electron chi connectivity index (χ3n) is 5.45. The molecule has 1 N–H and O–H groups in total. The molecule has 1 heterocycles. The average Bonchev–Trinajstić information content (AvgIpc) is 3.05. The Hall–Kier alpha value is -3.43. The number of rotatable bonds is 9. The Bertz CT molecular complexity index is 1150. The van der Waals surface area contributed by atoms with Gasteiger partial charge in [-0.15, -0.1) is 0 Å². The van der Waals surface area contributed by atoms with Crippen molar-refractivity contribution in [1.29, 1.82) is 0 Å². The number of carbonyl (C=O) groups is 2. The van der Waals surface area contributed by atoms with Gasteiger partial charge in [0.05, 0.1) is 28.2 Å². The minimum absolute atomic E-state index is 0.143. The van der Waals surface area contributed by atoms with Crippen molar-refractivity contribution in [1.82, 2.24) is 9.80 Å². The summed E-state index contributed by atoms with van der Waals surface area (Å²) in [7, 11) is 3.78. The van der Waals surface area contributed by atoms with Gasteiger partial charge in [-0.05, 0) is 57.7 Å². The van der Waals surface area contributed by atoms with Crippen molar-refractivity contribution in [2.45, 2.75) is 19.4 Å². The SMILES string of the molecule is CCOc1ccc(/C(O)=C2\C(=O)C(=O)N(CCCN(C)C)C2c2cccc([N+](=O)[O-])c2)cc1Cl. The number of benzene rings is 2. The molecule has 2 aromatic rings. The van der Waals surface area contributed by atoms with E-state index in [0.717, 1.165) is 0 Å². The lowest BCUT2D eigenvalue weighted by atomic mass is 9.95. The quantitative estimate of drug-likeness (QED) is 0.187. The van der Waals surface area contributed by atoms with Crippen molar-refractivity contribution < 1.29 is 24.4 Å². The van der Waals surface area contributed by atoms with Crippen LogP contribution in [0.4, 0.5) is 5.69 Å². The summed E-state index contributed by atoms with van der Waals surface area (Å²) in [6.07, 6.45) is 0.570. The molecule has 0 saturated carbocycles. The monoisotopic (exact) mass is 487 g/mol. The van der Waals surface area contributed by atoms with E-state index in [0.29, 0.717) is 30.9 Å². The van der Waals surface area contributed by atoms with Crippen LogP contribution >= 0.6 is 11.6 Å². The number of halogens is 1. The highest BCUT2D eigenvalue weighted by Gasteiger charge is 2.46. The smallest absolute Gasteiger partial charge is 0.295 e. The number of nitro groups is 1. The molecule has 34 heavy (non-hydrogen) atoms. The van der Waals surface area contributed by atoms with Gasteiger partial charge in [0.1, 0.15) is 11.5 Å². The van der Waals surface area contributed by atoms with Gasteiger partial charge in [0, 0.05) is 24.2 Å². The number of Topliss-reactive ketones (excluding diaryl/α,β-unsaturated/α-hetero) is 1. The van der Waals surface area contributed by atoms with Crippen LogP contribution in [0.25, 0.3) is 5.76 Å². The molecule has 1 atom stereocenters. The maximum atomic E-state index is 13.1. The molecule has 0 spiro atoms. The van der Waals surface area contributed by atoms with E-state index in [-0.39, 0.29) is 28.4 Å². The van der Waals surface area contributed by atoms with Gasteiger partial charge in [-0.25, -0.2) is 0 Å². The fourth-order valence-corrected chi connectivity index (χ4v) is 4.13. The van der Waals surface area contributed by atoms with Crippen molar-refractivity contribution in [3.8, 4) is 5.75 Å². The van der Waals surface area contributed by atoms with E-state index in [2.05, 4.69) is 0 Å². The minimum Gasteiger partial charge on any atom is -0.507 e. The highest BCUT2D eigenvalue weighted by Crippen LogP contribution is 2.41. The molecule has 9 nitrogen and oxygen atoms in total. The van der Waals surface area contributed by atoms with Gasteiger partial charge in [0.15, 0.2) is 0 Å². The zero-order chi connectivity index (χ0) is 25.0. The van der Waals surface area contributed by atoms with E-state index >= 15 is 0 Å². The molecule has 1 amide bonds. The molecule has 1 aliphatic heterocycles. The summed E-state index contributed by atoms with van der Waals surface area (Å²) in [6.45, 7) is 3.10. The van der Waals surface area contributed by atoms with E-state index in [4.69, 9.17) is 16.3 Å². The normalized spacial score (nSPS) is 17.4. The van der Waals surface area contributed by atoms with Crippen LogP contribution in [0.3, 0.4) is 0 Å². The second-order valence-electron chi connectivity index (χ2n) is 8.08. The molecule has 0 aliphatic carbocycles. The highest BCUT2D eigenvalue weighted by atomic mass is 35.5. The van der Waals surface area contributed by atoms with Crippen LogP contribution in [0.2, 0.25) is 5.02 Å². The molecule has 2 aromatic carbocycles. The van der Waals surface area contributed by atoms with Gasteiger partial charge in [-0.1, -0.05) is 23.7 Å². The maximum Gasteiger partial charge on any atom is 0.295 e. The number of ether oxygens (including phenoxy) is 1. The van der Waals surface area contributed by atoms with Crippen LogP contribution in [-0.4, -0.2) is 65.3 Å². The maximum absolute atomic E-state index is 13.1. The number of nitro benzene ring substituents is 1. The predicted molar refractivity (Wildman–Crippen MR) is 128 cm³/mol. The number of non-ortho nitro benzene ring substituents is 1. The first-order valence-corrected chi connectivity index (χ1v) is 11.1. The lowest BCUT2D eigenvalue weighted by molar-refractivity contribution is -0.384. The molecule has 1 saturated heterocycles. The summed E-state index contributed by atoms with van der Waals surface area (Å²) in [4.78, 5) is 40.1.